The first-order valence-electron chi connectivity index (χ1n) is 7.84. The van der Waals surface area contributed by atoms with Crippen molar-refractivity contribution in [2.45, 2.75) is 6.42 Å². The first-order chi connectivity index (χ1) is 12.2. The Morgan fingerprint density at radius 3 is 3.08 bits per heavy atom. The normalized spacial score (nSPS) is 12.4. The highest BCUT2D eigenvalue weighted by atomic mass is 16.5. The molecule has 0 fully saturated rings. The van der Waals surface area contributed by atoms with E-state index in [1.807, 2.05) is 24.3 Å². The third-order valence-electron chi connectivity index (χ3n) is 3.98. The van der Waals surface area contributed by atoms with E-state index in [4.69, 9.17) is 4.74 Å². The predicted molar refractivity (Wildman–Crippen MR) is 91.6 cm³/mol. The molecule has 25 heavy (non-hydrogen) atoms. The van der Waals surface area contributed by atoms with Gasteiger partial charge in [0.2, 0.25) is 0 Å². The van der Waals surface area contributed by atoms with Crippen LogP contribution in [-0.4, -0.2) is 34.2 Å². The first-order valence-corrected chi connectivity index (χ1v) is 7.84. The van der Waals surface area contributed by atoms with Crippen molar-refractivity contribution in [3.05, 3.63) is 60.3 Å². The van der Waals surface area contributed by atoms with Crippen LogP contribution in [0.2, 0.25) is 0 Å². The molecule has 1 aliphatic rings. The predicted octanol–water partition coefficient (Wildman–Crippen LogP) is 2.73. The lowest BCUT2D eigenvalue weighted by Gasteiger charge is -2.09. The van der Waals surface area contributed by atoms with Gasteiger partial charge in [-0.15, -0.1) is 0 Å². The van der Waals surface area contributed by atoms with E-state index in [0.29, 0.717) is 5.82 Å². The fraction of sp³-hybridized carbons (Fsp3) is 0.167. The van der Waals surface area contributed by atoms with Gasteiger partial charge in [0.15, 0.2) is 5.69 Å². The Morgan fingerprint density at radius 2 is 2.20 bits per heavy atom. The lowest BCUT2D eigenvalue weighted by Crippen LogP contribution is -2.01. The van der Waals surface area contributed by atoms with Crippen LogP contribution in [0, 0.1) is 0 Å². The van der Waals surface area contributed by atoms with Crippen molar-refractivity contribution in [3.63, 3.8) is 0 Å². The van der Waals surface area contributed by atoms with Gasteiger partial charge in [-0.2, -0.15) is 0 Å². The summed E-state index contributed by atoms with van der Waals surface area (Å²) in [6.07, 6.45) is 5.81. The molecule has 2 aromatic heterocycles. The molecule has 1 aliphatic heterocycles. The summed E-state index contributed by atoms with van der Waals surface area (Å²) in [6.45, 7) is 0.732. The molecule has 0 saturated heterocycles. The number of anilines is 2. The minimum absolute atomic E-state index is 0.257. The number of imidazole rings is 1. The molecule has 0 saturated carbocycles. The van der Waals surface area contributed by atoms with Crippen molar-refractivity contribution in [2.75, 3.05) is 19.0 Å². The molecule has 1 N–H and O–H groups in total. The minimum atomic E-state index is -0.466. The number of ether oxygens (including phenoxy) is 2. The number of nitrogens with one attached hydrogen (secondary N) is 1. The van der Waals surface area contributed by atoms with E-state index >= 15 is 0 Å². The number of carbonyl (C=O) groups is 1. The molecule has 0 amide bonds. The van der Waals surface area contributed by atoms with Crippen molar-refractivity contribution in [1.82, 2.24) is 14.5 Å². The Hall–Kier alpha value is -3.35. The van der Waals surface area contributed by atoms with Gasteiger partial charge in [-0.05, 0) is 29.8 Å². The van der Waals surface area contributed by atoms with E-state index in [0.717, 1.165) is 30.2 Å². The second-order valence-electron chi connectivity index (χ2n) is 5.60. The molecule has 7 heteroatoms. The number of methoxy groups -OCH3 is 1. The zero-order valence-corrected chi connectivity index (χ0v) is 13.6. The average Bonchev–Trinajstić information content (AvgIpc) is 3.30. The number of rotatable bonds is 4. The standard InChI is InChI=1S/C18H16N4O3/c1-24-18(23)15-10-22(11-20-15)14-4-6-19-17(9-14)21-13-2-3-16-12(8-13)5-7-25-16/h2-4,6,8-11H,5,7H2,1H3,(H,19,21). The second kappa shape index (κ2) is 6.27. The summed E-state index contributed by atoms with van der Waals surface area (Å²) in [5.74, 6) is 1.18. The van der Waals surface area contributed by atoms with E-state index in [9.17, 15) is 4.79 Å². The largest absolute Gasteiger partial charge is 0.493 e. The fourth-order valence-corrected chi connectivity index (χ4v) is 2.73. The number of benzene rings is 1. The molecule has 0 unspecified atom stereocenters. The summed E-state index contributed by atoms with van der Waals surface area (Å²) in [6, 6.07) is 9.72. The number of hydrogen-bond acceptors (Lipinski definition) is 6. The molecule has 4 rings (SSSR count). The monoisotopic (exact) mass is 336 g/mol. The van der Waals surface area contributed by atoms with Gasteiger partial charge < -0.3 is 19.4 Å². The summed E-state index contributed by atoms with van der Waals surface area (Å²) in [5.41, 5.74) is 3.24. The molecule has 0 atom stereocenters. The Morgan fingerprint density at radius 1 is 1.28 bits per heavy atom. The van der Waals surface area contributed by atoms with Gasteiger partial charge in [-0.25, -0.2) is 14.8 Å². The summed E-state index contributed by atoms with van der Waals surface area (Å²) in [5, 5.41) is 3.29. The summed E-state index contributed by atoms with van der Waals surface area (Å²) in [7, 11) is 1.33. The zero-order valence-electron chi connectivity index (χ0n) is 13.6. The highest BCUT2D eigenvalue weighted by Crippen LogP contribution is 2.29. The van der Waals surface area contributed by atoms with Gasteiger partial charge in [0.05, 0.1) is 19.4 Å². The molecule has 0 spiro atoms. The zero-order chi connectivity index (χ0) is 17.2. The maximum Gasteiger partial charge on any atom is 0.358 e. The van der Waals surface area contributed by atoms with E-state index in [1.54, 1.807) is 23.3 Å². The molecule has 0 radical (unpaired) electrons. The summed E-state index contributed by atoms with van der Waals surface area (Å²) < 4.78 is 11.9. The number of nitrogens with zero attached hydrogens (tertiary/aromatic N) is 3. The van der Waals surface area contributed by atoms with Crippen LogP contribution < -0.4 is 10.1 Å². The quantitative estimate of drug-likeness (QED) is 0.738. The molecule has 0 bridgehead atoms. The van der Waals surface area contributed by atoms with E-state index in [-0.39, 0.29) is 5.69 Å². The van der Waals surface area contributed by atoms with Crippen LogP contribution in [0.25, 0.3) is 5.69 Å². The van der Waals surface area contributed by atoms with Gasteiger partial charge in [0.25, 0.3) is 0 Å². The number of esters is 1. The smallest absolute Gasteiger partial charge is 0.358 e. The highest BCUT2D eigenvalue weighted by molar-refractivity contribution is 5.86. The van der Waals surface area contributed by atoms with Crippen LogP contribution in [0.5, 0.6) is 5.75 Å². The van der Waals surface area contributed by atoms with E-state index < -0.39 is 5.97 Å². The van der Waals surface area contributed by atoms with Crippen molar-refractivity contribution >= 4 is 17.5 Å². The number of carbonyl (C=O) groups excluding carboxylic acids is 1. The van der Waals surface area contributed by atoms with Gasteiger partial charge in [-0.1, -0.05) is 0 Å². The SMILES string of the molecule is COC(=O)c1cn(-c2ccnc(Nc3ccc4c(c3)CCO4)c2)cn1. The van der Waals surface area contributed by atoms with Crippen molar-refractivity contribution in [1.29, 1.82) is 0 Å². The first kappa shape index (κ1) is 15.2. The number of hydrogen-bond donors (Lipinski definition) is 1. The van der Waals surface area contributed by atoms with Gasteiger partial charge in [-0.3, -0.25) is 0 Å². The third kappa shape index (κ3) is 3.03. The van der Waals surface area contributed by atoms with Crippen molar-refractivity contribution < 1.29 is 14.3 Å². The number of aromatic nitrogens is 3. The molecule has 1 aromatic carbocycles. The maximum absolute atomic E-state index is 11.5. The van der Waals surface area contributed by atoms with Crippen LogP contribution in [0.3, 0.4) is 0 Å². The molecule has 7 nitrogen and oxygen atoms in total. The number of fused-ring (bicyclic) bond motifs is 1. The lowest BCUT2D eigenvalue weighted by atomic mass is 10.1. The van der Waals surface area contributed by atoms with E-state index in [1.165, 1.54) is 12.7 Å². The summed E-state index contributed by atoms with van der Waals surface area (Å²) in [4.78, 5) is 19.9. The third-order valence-corrected chi connectivity index (χ3v) is 3.98. The molecular weight excluding hydrogens is 320 g/mol. The van der Waals surface area contributed by atoms with Crippen LogP contribution in [0.15, 0.2) is 49.1 Å². The topological polar surface area (TPSA) is 78.3 Å². The highest BCUT2D eigenvalue weighted by Gasteiger charge is 2.13. The average molecular weight is 336 g/mol. The Kier molecular flexibility index (Phi) is 3.81. The van der Waals surface area contributed by atoms with Gasteiger partial charge in [0.1, 0.15) is 17.9 Å². The van der Waals surface area contributed by atoms with Crippen LogP contribution in [0.1, 0.15) is 16.1 Å². The number of pyridine rings is 1. The van der Waals surface area contributed by atoms with Crippen LogP contribution >= 0.6 is 0 Å². The maximum atomic E-state index is 11.5. The molecular formula is C18H16N4O3. The van der Waals surface area contributed by atoms with E-state index in [2.05, 4.69) is 26.1 Å². The Bertz CT molecular complexity index is 936. The Balaban J connectivity index is 1.57. The van der Waals surface area contributed by atoms with Crippen LogP contribution in [-0.2, 0) is 11.2 Å². The lowest BCUT2D eigenvalue weighted by molar-refractivity contribution is 0.0594. The Labute approximate surface area is 144 Å². The van der Waals surface area contributed by atoms with Crippen molar-refractivity contribution in [3.8, 4) is 11.4 Å². The molecule has 3 aromatic rings. The van der Waals surface area contributed by atoms with Gasteiger partial charge >= 0.3 is 5.97 Å². The van der Waals surface area contributed by atoms with Crippen LogP contribution in [0.4, 0.5) is 11.5 Å². The van der Waals surface area contributed by atoms with Gasteiger partial charge in [0, 0.05) is 30.6 Å². The molecule has 0 aliphatic carbocycles. The second-order valence-corrected chi connectivity index (χ2v) is 5.60. The molecule has 3 heterocycles. The van der Waals surface area contributed by atoms with Crippen molar-refractivity contribution in [2.24, 2.45) is 0 Å². The minimum Gasteiger partial charge on any atom is -0.493 e. The fourth-order valence-electron chi connectivity index (χ4n) is 2.73. The summed E-state index contributed by atoms with van der Waals surface area (Å²) >= 11 is 0. The molecule has 126 valence electrons.